The molecule has 0 atom stereocenters. The molecule has 2 aromatic rings. The Hall–Kier alpha value is -2.06. The fraction of sp³-hybridized carbons (Fsp3) is 0.133. The van der Waals surface area contributed by atoms with E-state index in [9.17, 15) is 13.5 Å². The Morgan fingerprint density at radius 2 is 1.91 bits per heavy atom. The lowest BCUT2D eigenvalue weighted by Crippen LogP contribution is -2.18. The summed E-state index contributed by atoms with van der Waals surface area (Å²) in [6, 6.07) is 9.55. The molecule has 0 aliphatic heterocycles. The Morgan fingerprint density at radius 1 is 1.26 bits per heavy atom. The summed E-state index contributed by atoms with van der Waals surface area (Å²) in [4.78, 5) is 2.27. The second-order valence-electron chi connectivity index (χ2n) is 4.72. The summed E-state index contributed by atoms with van der Waals surface area (Å²) in [5.74, 6) is 0.215. The van der Waals surface area contributed by atoms with Gasteiger partial charge in [-0.15, -0.1) is 0 Å². The van der Waals surface area contributed by atoms with E-state index in [1.54, 1.807) is 18.2 Å². The molecule has 0 unspecified atom stereocenters. The Labute approximate surface area is 143 Å². The number of ether oxygens (including phenoxy) is 1. The van der Waals surface area contributed by atoms with Crippen LogP contribution in [-0.2, 0) is 10.0 Å². The van der Waals surface area contributed by atoms with Gasteiger partial charge in [-0.05, 0) is 52.7 Å². The molecule has 0 aliphatic rings. The van der Waals surface area contributed by atoms with Gasteiger partial charge >= 0.3 is 0 Å². The van der Waals surface area contributed by atoms with Crippen molar-refractivity contribution in [2.24, 2.45) is 5.10 Å². The van der Waals surface area contributed by atoms with E-state index in [-0.39, 0.29) is 16.4 Å². The molecular formula is C15H15BrN2O4S. The predicted octanol–water partition coefficient (Wildman–Crippen LogP) is 2.78. The number of hydrogen-bond donors (Lipinski definition) is 2. The molecule has 6 nitrogen and oxygen atoms in total. The van der Waals surface area contributed by atoms with Crippen LogP contribution in [0.4, 0.5) is 0 Å². The van der Waals surface area contributed by atoms with Crippen LogP contribution in [0.1, 0.15) is 11.1 Å². The number of phenolic OH excluding ortho intramolecular Hbond substituents is 1. The molecule has 2 aromatic carbocycles. The molecule has 0 heterocycles. The van der Waals surface area contributed by atoms with Crippen LogP contribution in [0.25, 0.3) is 0 Å². The number of hydrogen-bond acceptors (Lipinski definition) is 5. The van der Waals surface area contributed by atoms with Crippen molar-refractivity contribution in [3.63, 3.8) is 0 Å². The van der Waals surface area contributed by atoms with E-state index in [1.807, 2.05) is 6.92 Å². The second kappa shape index (κ2) is 7.01. The highest BCUT2D eigenvalue weighted by Gasteiger charge is 2.12. The molecule has 0 saturated carbocycles. The molecule has 0 saturated heterocycles. The SMILES string of the molecule is COc1cc(C=NNS(=O)(=O)c2ccc(C)cc2)cc(Br)c1O. The Bertz CT molecular complexity index is 833. The number of phenols is 1. The topological polar surface area (TPSA) is 88.0 Å². The van der Waals surface area contributed by atoms with Gasteiger partial charge in [0, 0.05) is 0 Å². The van der Waals surface area contributed by atoms with Gasteiger partial charge in [0.15, 0.2) is 11.5 Å². The van der Waals surface area contributed by atoms with Gasteiger partial charge < -0.3 is 9.84 Å². The largest absolute Gasteiger partial charge is 0.503 e. The van der Waals surface area contributed by atoms with E-state index in [0.29, 0.717) is 10.0 Å². The molecule has 0 radical (unpaired) electrons. The lowest BCUT2D eigenvalue weighted by atomic mass is 10.2. The van der Waals surface area contributed by atoms with E-state index < -0.39 is 10.0 Å². The lowest BCUT2D eigenvalue weighted by molar-refractivity contribution is 0.372. The van der Waals surface area contributed by atoms with E-state index in [0.717, 1.165) is 5.56 Å². The standard InChI is InChI=1S/C15H15BrN2O4S/c1-10-3-5-12(6-4-10)23(20,21)18-17-9-11-7-13(16)15(19)14(8-11)22-2/h3-9,18-19H,1-2H3. The molecular weight excluding hydrogens is 384 g/mol. The van der Waals surface area contributed by atoms with Crippen molar-refractivity contribution in [3.05, 3.63) is 52.0 Å². The number of aryl methyl sites for hydroxylation is 1. The normalized spacial score (nSPS) is 11.6. The van der Waals surface area contributed by atoms with Crippen molar-refractivity contribution in [1.82, 2.24) is 4.83 Å². The maximum Gasteiger partial charge on any atom is 0.276 e. The first-order valence-corrected chi connectivity index (χ1v) is 8.79. The fourth-order valence-electron chi connectivity index (χ4n) is 1.76. The molecule has 2 rings (SSSR count). The number of hydrazone groups is 1. The van der Waals surface area contributed by atoms with Crippen LogP contribution in [0.5, 0.6) is 11.5 Å². The smallest absolute Gasteiger partial charge is 0.276 e. The summed E-state index contributed by atoms with van der Waals surface area (Å²) in [6.45, 7) is 1.87. The van der Waals surface area contributed by atoms with Crippen LogP contribution in [0.3, 0.4) is 0 Å². The van der Waals surface area contributed by atoms with E-state index in [2.05, 4.69) is 25.9 Å². The summed E-state index contributed by atoms with van der Waals surface area (Å²) < 4.78 is 29.6. The maximum atomic E-state index is 12.1. The Kier molecular flexibility index (Phi) is 5.27. The van der Waals surface area contributed by atoms with Gasteiger partial charge in [0.2, 0.25) is 0 Å². The zero-order chi connectivity index (χ0) is 17.0. The van der Waals surface area contributed by atoms with Crippen molar-refractivity contribution in [1.29, 1.82) is 0 Å². The molecule has 0 fully saturated rings. The van der Waals surface area contributed by atoms with Crippen molar-refractivity contribution in [2.45, 2.75) is 11.8 Å². The summed E-state index contributed by atoms with van der Waals surface area (Å²) in [7, 11) is -2.30. The van der Waals surface area contributed by atoms with Crippen LogP contribution < -0.4 is 9.57 Å². The van der Waals surface area contributed by atoms with Crippen LogP contribution in [0.15, 0.2) is 50.9 Å². The minimum atomic E-state index is -3.72. The summed E-state index contributed by atoms with van der Waals surface area (Å²) in [5, 5.41) is 13.5. The van der Waals surface area contributed by atoms with E-state index >= 15 is 0 Å². The van der Waals surface area contributed by atoms with Crippen LogP contribution in [-0.4, -0.2) is 26.8 Å². The molecule has 23 heavy (non-hydrogen) atoms. The molecule has 122 valence electrons. The molecule has 0 amide bonds. The number of rotatable bonds is 5. The number of methoxy groups -OCH3 is 1. The predicted molar refractivity (Wildman–Crippen MR) is 91.5 cm³/mol. The molecule has 8 heteroatoms. The van der Waals surface area contributed by atoms with E-state index in [1.165, 1.54) is 31.5 Å². The lowest BCUT2D eigenvalue weighted by Gasteiger charge is -2.06. The number of halogens is 1. The minimum absolute atomic E-state index is 0.0371. The van der Waals surface area contributed by atoms with Gasteiger partial charge in [0.05, 0.1) is 22.7 Å². The molecule has 0 aliphatic carbocycles. The number of nitrogens with one attached hydrogen (secondary N) is 1. The Morgan fingerprint density at radius 3 is 2.52 bits per heavy atom. The zero-order valence-corrected chi connectivity index (χ0v) is 14.8. The van der Waals surface area contributed by atoms with Gasteiger partial charge in [-0.1, -0.05) is 17.7 Å². The van der Waals surface area contributed by atoms with Crippen LogP contribution in [0, 0.1) is 6.92 Å². The quantitative estimate of drug-likeness (QED) is 0.598. The average molecular weight is 399 g/mol. The third kappa shape index (κ3) is 4.23. The average Bonchev–Trinajstić information content (AvgIpc) is 2.51. The maximum absolute atomic E-state index is 12.1. The minimum Gasteiger partial charge on any atom is -0.503 e. The van der Waals surface area contributed by atoms with Crippen molar-refractivity contribution in [3.8, 4) is 11.5 Å². The number of sulfonamides is 1. The fourth-order valence-corrected chi connectivity index (χ4v) is 3.02. The van der Waals surface area contributed by atoms with Gasteiger partial charge in [0.1, 0.15) is 0 Å². The molecule has 0 bridgehead atoms. The summed E-state index contributed by atoms with van der Waals surface area (Å²) in [6.07, 6.45) is 1.32. The number of benzene rings is 2. The van der Waals surface area contributed by atoms with Crippen molar-refractivity contribution >= 4 is 32.2 Å². The van der Waals surface area contributed by atoms with Gasteiger partial charge in [0.25, 0.3) is 10.0 Å². The highest BCUT2D eigenvalue weighted by molar-refractivity contribution is 9.10. The van der Waals surface area contributed by atoms with Gasteiger partial charge in [-0.25, -0.2) is 4.83 Å². The molecule has 0 spiro atoms. The monoisotopic (exact) mass is 398 g/mol. The third-order valence-electron chi connectivity index (χ3n) is 2.99. The van der Waals surface area contributed by atoms with E-state index in [4.69, 9.17) is 4.74 Å². The summed E-state index contributed by atoms with van der Waals surface area (Å²) in [5.41, 5.74) is 1.52. The third-order valence-corrected chi connectivity index (χ3v) is 4.83. The Balaban J connectivity index is 2.18. The molecule has 0 aromatic heterocycles. The highest BCUT2D eigenvalue weighted by atomic mass is 79.9. The van der Waals surface area contributed by atoms with Crippen molar-refractivity contribution < 1.29 is 18.3 Å². The second-order valence-corrected chi connectivity index (χ2v) is 7.23. The summed E-state index contributed by atoms with van der Waals surface area (Å²) >= 11 is 3.18. The van der Waals surface area contributed by atoms with Crippen LogP contribution >= 0.6 is 15.9 Å². The first-order chi connectivity index (χ1) is 10.8. The molecule has 2 N–H and O–H groups in total. The number of nitrogens with zero attached hydrogens (tertiary/aromatic N) is 1. The van der Waals surface area contributed by atoms with Gasteiger partial charge in [-0.2, -0.15) is 13.5 Å². The van der Waals surface area contributed by atoms with Crippen LogP contribution in [0.2, 0.25) is 0 Å². The number of aromatic hydroxyl groups is 1. The van der Waals surface area contributed by atoms with Crippen molar-refractivity contribution in [2.75, 3.05) is 7.11 Å². The van der Waals surface area contributed by atoms with Gasteiger partial charge in [-0.3, -0.25) is 0 Å². The first-order valence-electron chi connectivity index (χ1n) is 6.51. The first kappa shape index (κ1) is 17.3. The zero-order valence-electron chi connectivity index (χ0n) is 12.4. The highest BCUT2D eigenvalue weighted by Crippen LogP contribution is 2.34.